The molecule has 1 aliphatic rings. The van der Waals surface area contributed by atoms with Crippen LogP contribution >= 0.6 is 0 Å². The summed E-state index contributed by atoms with van der Waals surface area (Å²) < 4.78 is 16.7. The third kappa shape index (κ3) is 7.17. The molecule has 4 rings (SSSR count). The Kier molecular flexibility index (Phi) is 9.50. The summed E-state index contributed by atoms with van der Waals surface area (Å²) in [6, 6.07) is 22.0. The standard InChI is InChI=1S/C30H36N2O4/c1-3-31(15-16-32-17-19-35-20-18-32)22-25(21-24-11-13-27(14-12-24)30(33)34-2)23-36-29-10-6-8-26-7-4-5-9-28(26)29/h4-14,21H,3,15-20,22-23H2,1-2H3. The average Bonchev–Trinajstić information content (AvgIpc) is 2.94. The zero-order valence-electron chi connectivity index (χ0n) is 21.3. The molecular weight excluding hydrogens is 452 g/mol. The smallest absolute Gasteiger partial charge is 0.337 e. The van der Waals surface area contributed by atoms with Gasteiger partial charge in [0.25, 0.3) is 0 Å². The molecule has 6 nitrogen and oxygen atoms in total. The molecule has 0 bridgehead atoms. The number of ether oxygens (including phenoxy) is 3. The van der Waals surface area contributed by atoms with Crippen molar-refractivity contribution in [3.8, 4) is 5.75 Å². The Bertz CT molecular complexity index is 1150. The maximum Gasteiger partial charge on any atom is 0.337 e. The molecular formula is C30H36N2O4. The van der Waals surface area contributed by atoms with Gasteiger partial charge in [-0.15, -0.1) is 0 Å². The van der Waals surface area contributed by atoms with Crippen molar-refractivity contribution in [2.75, 3.05) is 66.2 Å². The first kappa shape index (κ1) is 25.9. The Labute approximate surface area is 214 Å². The lowest BCUT2D eigenvalue weighted by molar-refractivity contribution is 0.0339. The average molecular weight is 489 g/mol. The fraction of sp³-hybridized carbons (Fsp3) is 0.367. The van der Waals surface area contributed by atoms with E-state index in [1.165, 1.54) is 18.1 Å². The maximum atomic E-state index is 11.8. The van der Waals surface area contributed by atoms with Gasteiger partial charge in [0.1, 0.15) is 12.4 Å². The van der Waals surface area contributed by atoms with E-state index in [1.54, 1.807) is 12.1 Å². The molecule has 1 aliphatic heterocycles. The summed E-state index contributed by atoms with van der Waals surface area (Å²) >= 11 is 0. The number of hydrogen-bond acceptors (Lipinski definition) is 6. The Morgan fingerprint density at radius 1 is 1.03 bits per heavy atom. The zero-order chi connectivity index (χ0) is 25.2. The molecule has 1 saturated heterocycles. The summed E-state index contributed by atoms with van der Waals surface area (Å²) in [7, 11) is 1.40. The third-order valence-electron chi connectivity index (χ3n) is 6.58. The first-order chi connectivity index (χ1) is 17.7. The number of hydrogen-bond donors (Lipinski definition) is 0. The van der Waals surface area contributed by atoms with Gasteiger partial charge in [-0.05, 0) is 41.3 Å². The van der Waals surface area contributed by atoms with Crippen molar-refractivity contribution in [1.82, 2.24) is 9.80 Å². The summed E-state index contributed by atoms with van der Waals surface area (Å²) in [5, 5.41) is 2.28. The predicted molar refractivity (Wildman–Crippen MR) is 145 cm³/mol. The summed E-state index contributed by atoms with van der Waals surface area (Å²) in [5.41, 5.74) is 2.75. The van der Waals surface area contributed by atoms with E-state index in [4.69, 9.17) is 14.2 Å². The molecule has 3 aromatic rings. The van der Waals surface area contributed by atoms with Gasteiger partial charge in [0, 0.05) is 38.1 Å². The van der Waals surface area contributed by atoms with Gasteiger partial charge in [-0.25, -0.2) is 4.79 Å². The van der Waals surface area contributed by atoms with Crippen LogP contribution in [0.25, 0.3) is 16.8 Å². The summed E-state index contributed by atoms with van der Waals surface area (Å²) in [4.78, 5) is 16.7. The first-order valence-corrected chi connectivity index (χ1v) is 12.7. The molecule has 0 radical (unpaired) electrons. The van der Waals surface area contributed by atoms with Gasteiger partial charge in [0.05, 0.1) is 25.9 Å². The van der Waals surface area contributed by atoms with E-state index in [1.807, 2.05) is 36.4 Å². The van der Waals surface area contributed by atoms with E-state index in [0.717, 1.165) is 69.2 Å². The summed E-state index contributed by atoms with van der Waals surface area (Å²) in [6.07, 6.45) is 2.17. The van der Waals surface area contributed by atoms with Crippen molar-refractivity contribution >= 4 is 22.8 Å². The molecule has 1 heterocycles. The van der Waals surface area contributed by atoms with Crippen LogP contribution < -0.4 is 4.74 Å². The minimum Gasteiger partial charge on any atom is -0.489 e. The highest BCUT2D eigenvalue weighted by Gasteiger charge is 2.14. The fourth-order valence-corrected chi connectivity index (χ4v) is 4.44. The monoisotopic (exact) mass is 488 g/mol. The van der Waals surface area contributed by atoms with Crippen molar-refractivity contribution in [2.24, 2.45) is 0 Å². The molecule has 6 heteroatoms. The Morgan fingerprint density at radius 2 is 1.78 bits per heavy atom. The number of rotatable bonds is 11. The number of carbonyl (C=O) groups excluding carboxylic acids is 1. The largest absolute Gasteiger partial charge is 0.489 e. The minimum absolute atomic E-state index is 0.328. The van der Waals surface area contributed by atoms with Crippen LogP contribution in [0.4, 0.5) is 0 Å². The van der Waals surface area contributed by atoms with Crippen LogP contribution in [0.2, 0.25) is 0 Å². The molecule has 0 saturated carbocycles. The number of carbonyl (C=O) groups is 1. The molecule has 0 spiro atoms. The highest BCUT2D eigenvalue weighted by atomic mass is 16.5. The van der Waals surface area contributed by atoms with E-state index in [-0.39, 0.29) is 5.97 Å². The van der Waals surface area contributed by atoms with Gasteiger partial charge in [-0.2, -0.15) is 0 Å². The lowest BCUT2D eigenvalue weighted by Crippen LogP contribution is -2.42. The molecule has 36 heavy (non-hydrogen) atoms. The molecule has 0 aliphatic carbocycles. The SMILES string of the molecule is CCN(CCN1CCOCC1)CC(=Cc1ccc(C(=O)OC)cc1)COc1cccc2ccccc12. The van der Waals surface area contributed by atoms with Crippen molar-refractivity contribution in [3.05, 3.63) is 83.4 Å². The van der Waals surface area contributed by atoms with Gasteiger partial charge in [0.15, 0.2) is 0 Å². The van der Waals surface area contributed by atoms with Gasteiger partial charge < -0.3 is 14.2 Å². The molecule has 190 valence electrons. The van der Waals surface area contributed by atoms with E-state index >= 15 is 0 Å². The second-order valence-electron chi connectivity index (χ2n) is 9.00. The molecule has 0 aromatic heterocycles. The van der Waals surface area contributed by atoms with Gasteiger partial charge in [-0.1, -0.05) is 61.5 Å². The first-order valence-electron chi connectivity index (χ1n) is 12.7. The molecule has 0 amide bonds. The van der Waals surface area contributed by atoms with E-state index in [9.17, 15) is 4.79 Å². The van der Waals surface area contributed by atoms with Crippen molar-refractivity contribution in [1.29, 1.82) is 0 Å². The van der Waals surface area contributed by atoms with Gasteiger partial charge in [0.2, 0.25) is 0 Å². The molecule has 1 fully saturated rings. The second kappa shape index (κ2) is 13.2. The number of likely N-dealkylation sites (N-methyl/N-ethyl adjacent to an activating group) is 1. The lowest BCUT2D eigenvalue weighted by Gasteiger charge is -2.30. The third-order valence-corrected chi connectivity index (χ3v) is 6.58. The van der Waals surface area contributed by atoms with Crippen LogP contribution in [-0.2, 0) is 9.47 Å². The number of esters is 1. The minimum atomic E-state index is -0.328. The fourth-order valence-electron chi connectivity index (χ4n) is 4.44. The number of methoxy groups -OCH3 is 1. The van der Waals surface area contributed by atoms with Gasteiger partial charge in [-0.3, -0.25) is 9.80 Å². The molecule has 0 atom stereocenters. The van der Waals surface area contributed by atoms with Crippen LogP contribution in [0, 0.1) is 0 Å². The normalized spacial score (nSPS) is 14.8. The van der Waals surface area contributed by atoms with Crippen molar-refractivity contribution < 1.29 is 19.0 Å². The summed E-state index contributed by atoms with van der Waals surface area (Å²) in [5.74, 6) is 0.557. The zero-order valence-corrected chi connectivity index (χ0v) is 21.3. The Morgan fingerprint density at radius 3 is 2.53 bits per heavy atom. The molecule has 3 aromatic carbocycles. The number of morpholine rings is 1. The van der Waals surface area contributed by atoms with Crippen LogP contribution in [-0.4, -0.2) is 82.0 Å². The quantitative estimate of drug-likeness (QED) is 0.363. The molecule has 0 N–H and O–H groups in total. The second-order valence-corrected chi connectivity index (χ2v) is 9.00. The van der Waals surface area contributed by atoms with Crippen LogP contribution in [0.15, 0.2) is 72.3 Å². The molecule has 0 unspecified atom stereocenters. The lowest BCUT2D eigenvalue weighted by atomic mass is 10.1. The Hall–Kier alpha value is -3.19. The maximum absolute atomic E-state index is 11.8. The van der Waals surface area contributed by atoms with Crippen molar-refractivity contribution in [2.45, 2.75) is 6.92 Å². The van der Waals surface area contributed by atoms with Crippen LogP contribution in [0.3, 0.4) is 0 Å². The van der Waals surface area contributed by atoms with E-state index in [0.29, 0.717) is 12.2 Å². The highest BCUT2D eigenvalue weighted by Crippen LogP contribution is 2.26. The van der Waals surface area contributed by atoms with E-state index in [2.05, 4.69) is 41.0 Å². The number of fused-ring (bicyclic) bond motifs is 1. The highest BCUT2D eigenvalue weighted by molar-refractivity contribution is 5.89. The van der Waals surface area contributed by atoms with Crippen LogP contribution in [0.5, 0.6) is 5.75 Å². The number of benzene rings is 3. The van der Waals surface area contributed by atoms with Crippen LogP contribution in [0.1, 0.15) is 22.8 Å². The topological polar surface area (TPSA) is 51.2 Å². The van der Waals surface area contributed by atoms with Gasteiger partial charge >= 0.3 is 5.97 Å². The van der Waals surface area contributed by atoms with Crippen molar-refractivity contribution in [3.63, 3.8) is 0 Å². The Balaban J connectivity index is 1.50. The summed E-state index contributed by atoms with van der Waals surface area (Å²) in [6.45, 7) is 10.1. The van der Waals surface area contributed by atoms with E-state index < -0.39 is 0 Å². The number of nitrogens with zero attached hydrogens (tertiary/aromatic N) is 2. The predicted octanol–water partition coefficient (Wildman–Crippen LogP) is 4.74.